The van der Waals surface area contributed by atoms with Crippen LogP contribution in [0.3, 0.4) is 0 Å². The number of amides is 1. The van der Waals surface area contributed by atoms with E-state index in [1.165, 1.54) is 17.7 Å². The number of aliphatic hydroxyl groups excluding tert-OH is 1. The standard InChI is InChI=1S/C28H38F3N3O4/c1-19-20(2)26(38-18-24(35)17-32-11-16-37-4)10-9-25(19)21(3)33-12-14-34(15-13-33)27(36)22-5-7-23(8-6-22)28(29,30)31/h5-10,21,24,32,35H,11-18H2,1-4H3/t21-,24+/m1/s1. The highest BCUT2D eigenvalue weighted by molar-refractivity contribution is 5.94. The van der Waals surface area contributed by atoms with Crippen LogP contribution in [0.2, 0.25) is 0 Å². The number of aliphatic hydroxyl groups is 1. The molecule has 7 nitrogen and oxygen atoms in total. The summed E-state index contributed by atoms with van der Waals surface area (Å²) in [7, 11) is 1.63. The molecule has 3 rings (SSSR count). The van der Waals surface area contributed by atoms with Gasteiger partial charge in [0.25, 0.3) is 5.91 Å². The predicted molar refractivity (Wildman–Crippen MR) is 139 cm³/mol. The molecule has 2 N–H and O–H groups in total. The monoisotopic (exact) mass is 537 g/mol. The molecule has 2 aromatic rings. The molecular weight excluding hydrogens is 499 g/mol. The topological polar surface area (TPSA) is 74.3 Å². The summed E-state index contributed by atoms with van der Waals surface area (Å²) < 4.78 is 49.3. The summed E-state index contributed by atoms with van der Waals surface area (Å²) in [5, 5.41) is 13.3. The maximum absolute atomic E-state index is 12.8. The van der Waals surface area contributed by atoms with Gasteiger partial charge in [0.05, 0.1) is 12.2 Å². The lowest BCUT2D eigenvalue weighted by molar-refractivity contribution is -0.137. The highest BCUT2D eigenvalue weighted by Gasteiger charge is 2.31. The molecule has 0 bridgehead atoms. The Kier molecular flexibility index (Phi) is 10.6. The molecule has 2 aromatic carbocycles. The molecule has 2 atom stereocenters. The van der Waals surface area contributed by atoms with E-state index in [4.69, 9.17) is 9.47 Å². The number of piperazine rings is 1. The molecular formula is C28H38F3N3O4. The fourth-order valence-corrected chi connectivity index (χ4v) is 4.61. The number of carbonyl (C=O) groups excluding carboxylic acids is 1. The molecule has 1 aliphatic heterocycles. The lowest BCUT2D eigenvalue weighted by Gasteiger charge is -2.39. The van der Waals surface area contributed by atoms with Gasteiger partial charge in [-0.15, -0.1) is 0 Å². The first-order chi connectivity index (χ1) is 18.0. The Bertz CT molecular complexity index is 1050. The molecule has 0 unspecified atom stereocenters. The van der Waals surface area contributed by atoms with Gasteiger partial charge in [-0.1, -0.05) is 6.07 Å². The van der Waals surface area contributed by atoms with Crippen molar-refractivity contribution in [2.45, 2.75) is 39.1 Å². The number of carbonyl (C=O) groups is 1. The summed E-state index contributed by atoms with van der Waals surface area (Å²) >= 11 is 0. The first-order valence-electron chi connectivity index (χ1n) is 12.8. The zero-order valence-corrected chi connectivity index (χ0v) is 22.5. The van der Waals surface area contributed by atoms with E-state index >= 15 is 0 Å². The molecule has 0 spiro atoms. The van der Waals surface area contributed by atoms with Crippen LogP contribution >= 0.6 is 0 Å². The van der Waals surface area contributed by atoms with Crippen molar-refractivity contribution in [3.63, 3.8) is 0 Å². The summed E-state index contributed by atoms with van der Waals surface area (Å²) in [4.78, 5) is 16.8. The van der Waals surface area contributed by atoms with Crippen LogP contribution < -0.4 is 10.1 Å². The molecule has 1 aliphatic rings. The third-order valence-electron chi connectivity index (χ3n) is 7.13. The van der Waals surface area contributed by atoms with Gasteiger partial charge in [-0.25, -0.2) is 0 Å². The van der Waals surface area contributed by atoms with Crippen molar-refractivity contribution in [1.82, 2.24) is 15.1 Å². The van der Waals surface area contributed by atoms with E-state index in [1.807, 2.05) is 19.1 Å². The van der Waals surface area contributed by atoms with Crippen molar-refractivity contribution in [3.8, 4) is 5.75 Å². The van der Waals surface area contributed by atoms with E-state index in [0.29, 0.717) is 45.9 Å². The SMILES string of the molecule is COCCNC[C@H](O)COc1ccc([C@@H](C)N2CCN(C(=O)c3ccc(C(F)(F)F)cc3)CC2)c(C)c1C. The fraction of sp³-hybridized carbons (Fsp3) is 0.536. The second kappa shape index (κ2) is 13.4. The lowest BCUT2D eigenvalue weighted by atomic mass is 9.96. The second-order valence-electron chi connectivity index (χ2n) is 9.64. The number of halogens is 3. The average molecular weight is 538 g/mol. The van der Waals surface area contributed by atoms with Crippen molar-refractivity contribution < 1.29 is 32.5 Å². The third-order valence-corrected chi connectivity index (χ3v) is 7.13. The smallest absolute Gasteiger partial charge is 0.416 e. The zero-order chi connectivity index (χ0) is 27.9. The van der Waals surface area contributed by atoms with Gasteiger partial charge >= 0.3 is 6.18 Å². The van der Waals surface area contributed by atoms with Gasteiger partial charge in [0, 0.05) is 58.0 Å². The Balaban J connectivity index is 1.54. The summed E-state index contributed by atoms with van der Waals surface area (Å²) in [6.07, 6.45) is -5.06. The van der Waals surface area contributed by atoms with Gasteiger partial charge in [0.15, 0.2) is 0 Å². The summed E-state index contributed by atoms with van der Waals surface area (Å²) in [6.45, 7) is 10.4. The number of rotatable bonds is 11. The number of hydrogen-bond donors (Lipinski definition) is 2. The van der Waals surface area contributed by atoms with E-state index in [1.54, 1.807) is 12.0 Å². The predicted octanol–water partition coefficient (Wildman–Crippen LogP) is 3.82. The van der Waals surface area contributed by atoms with Crippen molar-refractivity contribution in [2.75, 3.05) is 59.6 Å². The highest BCUT2D eigenvalue weighted by Crippen LogP contribution is 2.32. The Morgan fingerprint density at radius 2 is 1.71 bits per heavy atom. The Morgan fingerprint density at radius 1 is 1.05 bits per heavy atom. The largest absolute Gasteiger partial charge is 0.491 e. The van der Waals surface area contributed by atoms with Crippen LogP contribution in [0.5, 0.6) is 5.75 Å². The van der Waals surface area contributed by atoms with E-state index in [-0.39, 0.29) is 24.1 Å². The number of hydrogen-bond acceptors (Lipinski definition) is 6. The molecule has 0 saturated carbocycles. The zero-order valence-electron chi connectivity index (χ0n) is 22.5. The van der Waals surface area contributed by atoms with Crippen LogP contribution in [0, 0.1) is 13.8 Å². The Hall–Kier alpha value is -2.66. The van der Waals surface area contributed by atoms with Crippen molar-refractivity contribution >= 4 is 5.91 Å². The molecule has 10 heteroatoms. The quantitative estimate of drug-likeness (QED) is 0.425. The van der Waals surface area contributed by atoms with Crippen molar-refractivity contribution in [1.29, 1.82) is 0 Å². The minimum absolute atomic E-state index is 0.113. The van der Waals surface area contributed by atoms with Gasteiger partial charge in [0.1, 0.15) is 18.5 Å². The number of ether oxygens (including phenoxy) is 2. The van der Waals surface area contributed by atoms with Gasteiger partial charge in [0.2, 0.25) is 0 Å². The normalized spacial score (nSPS) is 16.4. The molecule has 38 heavy (non-hydrogen) atoms. The van der Waals surface area contributed by atoms with Crippen molar-refractivity contribution in [2.24, 2.45) is 0 Å². The van der Waals surface area contributed by atoms with Gasteiger partial charge in [-0.2, -0.15) is 13.2 Å². The second-order valence-corrected chi connectivity index (χ2v) is 9.64. The molecule has 1 saturated heterocycles. The number of alkyl halides is 3. The first kappa shape index (κ1) is 29.9. The van der Waals surface area contributed by atoms with E-state index < -0.39 is 17.8 Å². The molecule has 0 aliphatic carbocycles. The average Bonchev–Trinajstić information content (AvgIpc) is 2.91. The Labute approximate surface area is 222 Å². The van der Waals surface area contributed by atoms with Crippen LogP contribution in [-0.4, -0.2) is 86.5 Å². The first-order valence-corrected chi connectivity index (χ1v) is 12.8. The number of nitrogens with one attached hydrogen (secondary N) is 1. The van der Waals surface area contributed by atoms with E-state index in [9.17, 15) is 23.1 Å². The maximum Gasteiger partial charge on any atom is 0.416 e. The van der Waals surface area contributed by atoms with Gasteiger partial charge in [-0.05, 0) is 67.8 Å². The fourth-order valence-electron chi connectivity index (χ4n) is 4.61. The van der Waals surface area contributed by atoms with E-state index in [0.717, 1.165) is 29.0 Å². The van der Waals surface area contributed by atoms with E-state index in [2.05, 4.69) is 24.1 Å². The number of nitrogens with zero attached hydrogens (tertiary/aromatic N) is 2. The molecule has 0 aromatic heterocycles. The number of benzene rings is 2. The molecule has 1 fully saturated rings. The van der Waals surface area contributed by atoms with Crippen LogP contribution in [0.4, 0.5) is 13.2 Å². The van der Waals surface area contributed by atoms with Crippen LogP contribution in [0.1, 0.15) is 45.6 Å². The molecule has 0 radical (unpaired) electrons. The van der Waals surface area contributed by atoms with Crippen LogP contribution in [-0.2, 0) is 10.9 Å². The summed E-state index contributed by atoms with van der Waals surface area (Å²) in [5.41, 5.74) is 2.80. The third kappa shape index (κ3) is 7.69. The van der Waals surface area contributed by atoms with Crippen molar-refractivity contribution in [3.05, 3.63) is 64.2 Å². The van der Waals surface area contributed by atoms with Gasteiger partial charge in [-0.3, -0.25) is 9.69 Å². The van der Waals surface area contributed by atoms with Crippen LogP contribution in [0.15, 0.2) is 36.4 Å². The van der Waals surface area contributed by atoms with Crippen LogP contribution in [0.25, 0.3) is 0 Å². The molecule has 210 valence electrons. The summed E-state index contributed by atoms with van der Waals surface area (Å²) in [5.74, 6) is 0.483. The highest BCUT2D eigenvalue weighted by atomic mass is 19.4. The van der Waals surface area contributed by atoms with Gasteiger partial charge < -0.3 is 24.8 Å². The minimum Gasteiger partial charge on any atom is -0.491 e. The minimum atomic E-state index is -4.42. The molecule has 1 heterocycles. The molecule has 1 amide bonds. The maximum atomic E-state index is 12.8. The summed E-state index contributed by atoms with van der Waals surface area (Å²) in [6, 6.07) is 8.48. The number of methoxy groups -OCH3 is 1. The Morgan fingerprint density at radius 3 is 2.32 bits per heavy atom. The lowest BCUT2D eigenvalue weighted by Crippen LogP contribution is -2.49.